The molecule has 0 amide bonds. The van der Waals surface area contributed by atoms with Gasteiger partial charge in [-0.05, 0) is 0 Å². The average molecular weight is 388 g/mol. The first kappa shape index (κ1) is 12.1. The van der Waals surface area contributed by atoms with E-state index < -0.39 is 21.8 Å². The second-order valence-electron chi connectivity index (χ2n) is 3.66. The van der Waals surface area contributed by atoms with E-state index in [-0.39, 0.29) is 0 Å². The van der Waals surface area contributed by atoms with Gasteiger partial charge in [0.05, 0.1) is 0 Å². The third-order valence-electron chi connectivity index (χ3n) is 2.18. The molecule has 0 N–H and O–H groups in total. The van der Waals surface area contributed by atoms with Crippen molar-refractivity contribution in [1.82, 2.24) is 0 Å². The number of hydrogen-bond acceptors (Lipinski definition) is 1. The van der Waals surface area contributed by atoms with Crippen molar-refractivity contribution >= 4 is 25.0 Å². The Morgan fingerprint density at radius 3 is 2.57 bits per heavy atom. The zero-order valence-electron chi connectivity index (χ0n) is 9.50. The Kier molecular flexibility index (Phi) is 5.05. The number of benzene rings is 1. The van der Waals surface area contributed by atoms with Gasteiger partial charge in [0.2, 0.25) is 0 Å². The fourth-order valence-electron chi connectivity index (χ4n) is 1.48. The molecule has 0 aliphatic carbocycles. The molecule has 0 spiro atoms. The van der Waals surface area contributed by atoms with Crippen molar-refractivity contribution in [3.63, 3.8) is 0 Å². The molecule has 2 heteroatoms. The van der Waals surface area contributed by atoms with Crippen LogP contribution < -0.4 is 3.27 Å². The predicted octanol–water partition coefficient (Wildman–Crippen LogP) is 2.49. The molecule has 78 valence electrons. The summed E-state index contributed by atoms with van der Waals surface area (Å²) in [5.74, 6) is 0. The topological polar surface area (TPSA) is 9.23 Å². The van der Waals surface area contributed by atoms with E-state index in [1.807, 2.05) is 6.92 Å². The normalized spacial score (nSPS) is 10.9. The second kappa shape index (κ2) is 5.83. The van der Waals surface area contributed by atoms with E-state index in [4.69, 9.17) is 4.74 Å². The van der Waals surface area contributed by atoms with Crippen LogP contribution >= 0.6 is 0 Å². The van der Waals surface area contributed by atoms with Gasteiger partial charge in [0, 0.05) is 0 Å². The van der Waals surface area contributed by atoms with Crippen LogP contribution in [0.1, 0.15) is 18.1 Å². The monoisotopic (exact) mass is 388 g/mol. The quantitative estimate of drug-likeness (QED) is 0.721. The van der Waals surface area contributed by atoms with Gasteiger partial charge in [-0.3, -0.25) is 0 Å². The zero-order valence-corrected chi connectivity index (χ0v) is 13.0. The standard InChI is InChI=1S/C10H13O.2CH3.Bi/c1-3-11-8-10-6-4-5-9(2)7-10;;;/h4-5,7H,3,8H2,1-2H3;2*1H3;. The van der Waals surface area contributed by atoms with Crippen molar-refractivity contribution in [2.75, 3.05) is 6.61 Å². The molecule has 0 unspecified atom stereocenters. The van der Waals surface area contributed by atoms with Crippen LogP contribution in [-0.4, -0.2) is 28.4 Å². The Balaban J connectivity index is 2.91. The van der Waals surface area contributed by atoms with Crippen LogP contribution in [0, 0.1) is 6.92 Å². The molecule has 14 heavy (non-hydrogen) atoms. The molecule has 0 bridgehead atoms. The van der Waals surface area contributed by atoms with Gasteiger partial charge in [-0.25, -0.2) is 0 Å². The molecule has 0 aliphatic rings. The van der Waals surface area contributed by atoms with Crippen LogP contribution in [0.3, 0.4) is 0 Å². The molecular weight excluding hydrogens is 369 g/mol. The molecule has 1 aromatic carbocycles. The summed E-state index contributed by atoms with van der Waals surface area (Å²) in [6.45, 7) is 5.79. The summed E-state index contributed by atoms with van der Waals surface area (Å²) >= 11 is -1.31. The summed E-state index contributed by atoms with van der Waals surface area (Å²) in [6.07, 6.45) is 0. The molecule has 0 aliphatic heterocycles. The number of hydrogen-bond donors (Lipinski definition) is 0. The van der Waals surface area contributed by atoms with Gasteiger partial charge in [-0.1, -0.05) is 0 Å². The SMILES string of the molecule is CCOCc1cc(C)cc[c]1[Bi]([CH3])[CH3]. The van der Waals surface area contributed by atoms with Crippen molar-refractivity contribution in [1.29, 1.82) is 0 Å². The molecule has 0 fully saturated rings. The van der Waals surface area contributed by atoms with Gasteiger partial charge >= 0.3 is 95.4 Å². The molecule has 1 rings (SSSR count). The number of rotatable bonds is 4. The van der Waals surface area contributed by atoms with Crippen molar-refractivity contribution in [3.8, 4) is 0 Å². The Morgan fingerprint density at radius 1 is 1.29 bits per heavy atom. The molecule has 0 saturated carbocycles. The summed E-state index contributed by atoms with van der Waals surface area (Å²) in [6, 6.07) is 6.81. The molecule has 1 nitrogen and oxygen atoms in total. The maximum absolute atomic E-state index is 5.50. The molecule has 0 saturated heterocycles. The number of aryl methyl sites for hydroxylation is 1. The Morgan fingerprint density at radius 2 is 2.00 bits per heavy atom. The summed E-state index contributed by atoms with van der Waals surface area (Å²) < 4.78 is 12.0. The van der Waals surface area contributed by atoms with Crippen LogP contribution in [0.5, 0.6) is 0 Å². The van der Waals surface area contributed by atoms with Crippen molar-refractivity contribution < 1.29 is 4.74 Å². The van der Waals surface area contributed by atoms with E-state index in [0.717, 1.165) is 13.2 Å². The fraction of sp³-hybridized carbons (Fsp3) is 0.500. The van der Waals surface area contributed by atoms with Crippen LogP contribution in [0.15, 0.2) is 18.2 Å². The van der Waals surface area contributed by atoms with Crippen LogP contribution in [-0.2, 0) is 11.3 Å². The van der Waals surface area contributed by atoms with E-state index in [2.05, 4.69) is 34.4 Å². The van der Waals surface area contributed by atoms with Gasteiger partial charge in [-0.2, -0.15) is 0 Å². The molecule has 1 aromatic rings. The first-order valence-corrected chi connectivity index (χ1v) is 13.7. The van der Waals surface area contributed by atoms with Gasteiger partial charge < -0.3 is 0 Å². The Labute approximate surface area is 95.2 Å². The molecule has 0 aromatic heterocycles. The van der Waals surface area contributed by atoms with Crippen LogP contribution in [0.4, 0.5) is 0 Å². The second-order valence-corrected chi connectivity index (χ2v) is 12.5. The van der Waals surface area contributed by atoms with Crippen LogP contribution in [0.25, 0.3) is 0 Å². The van der Waals surface area contributed by atoms with Crippen molar-refractivity contribution in [2.24, 2.45) is 0 Å². The molecule has 0 atom stereocenters. The van der Waals surface area contributed by atoms with E-state index >= 15 is 0 Å². The van der Waals surface area contributed by atoms with Crippen LogP contribution in [0.2, 0.25) is 9.26 Å². The summed E-state index contributed by atoms with van der Waals surface area (Å²) in [5, 5.41) is 0. The van der Waals surface area contributed by atoms with Gasteiger partial charge in [0.15, 0.2) is 0 Å². The average Bonchev–Trinajstić information content (AvgIpc) is 2.14. The van der Waals surface area contributed by atoms with E-state index in [1.165, 1.54) is 11.1 Å². The summed E-state index contributed by atoms with van der Waals surface area (Å²) in [4.78, 5) is 0. The van der Waals surface area contributed by atoms with Gasteiger partial charge in [0.25, 0.3) is 0 Å². The summed E-state index contributed by atoms with van der Waals surface area (Å²) in [5.41, 5.74) is 2.77. The van der Waals surface area contributed by atoms with Crippen molar-refractivity contribution in [2.45, 2.75) is 29.7 Å². The zero-order chi connectivity index (χ0) is 10.6. The predicted molar refractivity (Wildman–Crippen MR) is 63.6 cm³/mol. The third-order valence-corrected chi connectivity index (χ3v) is 7.62. The van der Waals surface area contributed by atoms with E-state index in [1.54, 1.807) is 3.27 Å². The summed E-state index contributed by atoms with van der Waals surface area (Å²) in [7, 11) is 0. The fourth-order valence-corrected chi connectivity index (χ4v) is 5.66. The number of ether oxygens (including phenoxy) is 1. The maximum atomic E-state index is 5.50. The Bertz CT molecular complexity index is 294. The minimum atomic E-state index is -1.31. The van der Waals surface area contributed by atoms with E-state index in [9.17, 15) is 0 Å². The third kappa shape index (κ3) is 3.33. The van der Waals surface area contributed by atoms with Crippen molar-refractivity contribution in [3.05, 3.63) is 29.3 Å². The Hall–Kier alpha value is 0.0631. The minimum absolute atomic E-state index is 0.793. The molecular formula is C12H19BiO. The van der Waals surface area contributed by atoms with Gasteiger partial charge in [0.1, 0.15) is 0 Å². The van der Waals surface area contributed by atoms with E-state index in [0.29, 0.717) is 0 Å². The first-order valence-electron chi connectivity index (χ1n) is 4.99. The first-order chi connectivity index (χ1) is 6.65. The molecule has 0 radical (unpaired) electrons. The van der Waals surface area contributed by atoms with Gasteiger partial charge in [-0.15, -0.1) is 0 Å². The molecule has 0 heterocycles.